The second kappa shape index (κ2) is 5.64. The van der Waals surface area contributed by atoms with Crippen molar-refractivity contribution >= 4 is 5.91 Å². The fourth-order valence-electron chi connectivity index (χ4n) is 2.64. The third-order valence-electron chi connectivity index (χ3n) is 3.99. The summed E-state index contributed by atoms with van der Waals surface area (Å²) >= 11 is 0. The molecule has 1 saturated carbocycles. The molecule has 0 bridgehead atoms. The molecule has 1 heterocycles. The van der Waals surface area contributed by atoms with E-state index in [2.05, 4.69) is 10.6 Å². The highest BCUT2D eigenvalue weighted by molar-refractivity contribution is 5.79. The first-order valence-corrected chi connectivity index (χ1v) is 6.40. The van der Waals surface area contributed by atoms with Crippen LogP contribution < -0.4 is 10.6 Å². The van der Waals surface area contributed by atoms with E-state index in [9.17, 15) is 9.90 Å². The van der Waals surface area contributed by atoms with Crippen molar-refractivity contribution in [2.75, 3.05) is 26.2 Å². The van der Waals surface area contributed by atoms with Crippen LogP contribution in [0.3, 0.4) is 0 Å². The maximum atomic E-state index is 11.6. The van der Waals surface area contributed by atoms with E-state index in [1.54, 1.807) is 0 Å². The molecule has 0 aromatic heterocycles. The Morgan fingerprint density at radius 3 is 2.50 bits per heavy atom. The molecule has 1 aliphatic carbocycles. The Hall–Kier alpha value is -0.610. The van der Waals surface area contributed by atoms with Crippen LogP contribution in [0.5, 0.6) is 0 Å². The third-order valence-corrected chi connectivity index (χ3v) is 3.99. The highest BCUT2D eigenvalue weighted by Gasteiger charge is 2.28. The number of carbonyl (C=O) groups is 1. The van der Waals surface area contributed by atoms with Crippen LogP contribution in [0.15, 0.2) is 0 Å². The number of carbonyl (C=O) groups excluding carboxylic acids is 1. The Kier molecular flexibility index (Phi) is 4.18. The molecule has 4 heteroatoms. The number of aliphatic hydroxyl groups excluding tert-OH is 1. The van der Waals surface area contributed by atoms with Gasteiger partial charge in [-0.25, -0.2) is 0 Å². The predicted octanol–water partition coefficient (Wildman–Crippen LogP) is 0.121. The molecule has 2 rings (SSSR count). The van der Waals surface area contributed by atoms with Crippen molar-refractivity contribution in [3.05, 3.63) is 0 Å². The molecule has 2 unspecified atom stereocenters. The van der Waals surface area contributed by atoms with E-state index in [1.807, 2.05) is 0 Å². The van der Waals surface area contributed by atoms with E-state index in [4.69, 9.17) is 0 Å². The summed E-state index contributed by atoms with van der Waals surface area (Å²) < 4.78 is 0. The molecule has 0 radical (unpaired) electrons. The summed E-state index contributed by atoms with van der Waals surface area (Å²) in [5, 5.41) is 15.4. The first-order valence-electron chi connectivity index (χ1n) is 6.40. The molecular weight excluding hydrogens is 204 g/mol. The van der Waals surface area contributed by atoms with E-state index in [0.29, 0.717) is 11.8 Å². The zero-order valence-electron chi connectivity index (χ0n) is 9.74. The molecule has 1 aliphatic heterocycles. The summed E-state index contributed by atoms with van der Waals surface area (Å²) in [5.74, 6) is 1.24. The normalized spacial score (nSPS) is 30.8. The molecule has 2 fully saturated rings. The van der Waals surface area contributed by atoms with Crippen LogP contribution in [-0.4, -0.2) is 37.3 Å². The number of hydrogen-bond acceptors (Lipinski definition) is 3. The quantitative estimate of drug-likeness (QED) is 0.638. The maximum Gasteiger partial charge on any atom is 0.225 e. The van der Waals surface area contributed by atoms with E-state index in [-0.39, 0.29) is 18.4 Å². The molecule has 0 aromatic carbocycles. The van der Waals surface area contributed by atoms with Gasteiger partial charge in [-0.15, -0.1) is 0 Å². The number of amides is 1. The fraction of sp³-hybridized carbons (Fsp3) is 0.917. The van der Waals surface area contributed by atoms with Crippen molar-refractivity contribution in [3.8, 4) is 0 Å². The third kappa shape index (κ3) is 2.74. The molecular formula is C12H22N2O2. The minimum absolute atomic E-state index is 0.177. The lowest BCUT2D eigenvalue weighted by Crippen LogP contribution is -2.51. The van der Waals surface area contributed by atoms with Crippen molar-refractivity contribution in [3.63, 3.8) is 0 Å². The first-order chi connectivity index (χ1) is 7.81. The second-order valence-corrected chi connectivity index (χ2v) is 5.09. The maximum absolute atomic E-state index is 11.6. The smallest absolute Gasteiger partial charge is 0.225 e. The summed E-state index contributed by atoms with van der Waals surface area (Å²) in [6.07, 6.45) is 4.72. The predicted molar refractivity (Wildman–Crippen MR) is 61.9 cm³/mol. The van der Waals surface area contributed by atoms with Crippen LogP contribution in [0.1, 0.15) is 25.7 Å². The lowest BCUT2D eigenvalue weighted by molar-refractivity contribution is -0.126. The summed E-state index contributed by atoms with van der Waals surface area (Å²) in [6, 6.07) is 0. The largest absolute Gasteiger partial charge is 0.396 e. The van der Waals surface area contributed by atoms with Crippen LogP contribution in [0.4, 0.5) is 0 Å². The molecule has 2 atom stereocenters. The number of rotatable bonds is 4. The van der Waals surface area contributed by atoms with Crippen molar-refractivity contribution in [2.45, 2.75) is 25.7 Å². The van der Waals surface area contributed by atoms with E-state index < -0.39 is 0 Å². The van der Waals surface area contributed by atoms with Crippen molar-refractivity contribution in [1.82, 2.24) is 10.6 Å². The SMILES string of the molecule is O=C(NCC1CCCCC1CO)C1CNC1. The van der Waals surface area contributed by atoms with Gasteiger partial charge in [-0.3, -0.25) is 4.79 Å². The molecule has 0 aromatic rings. The van der Waals surface area contributed by atoms with Gasteiger partial charge in [0.1, 0.15) is 0 Å². The molecule has 92 valence electrons. The molecule has 0 spiro atoms. The van der Waals surface area contributed by atoms with E-state index in [1.165, 1.54) is 12.8 Å². The van der Waals surface area contributed by atoms with Crippen LogP contribution in [-0.2, 0) is 4.79 Å². The topological polar surface area (TPSA) is 61.4 Å². The van der Waals surface area contributed by atoms with Crippen LogP contribution in [0, 0.1) is 17.8 Å². The summed E-state index contributed by atoms with van der Waals surface area (Å²) in [4.78, 5) is 11.6. The van der Waals surface area contributed by atoms with Gasteiger partial charge < -0.3 is 15.7 Å². The molecule has 1 saturated heterocycles. The standard InChI is InChI=1S/C12H22N2O2/c15-8-10-4-2-1-3-9(10)7-14-12(16)11-5-13-6-11/h9-11,13,15H,1-8H2,(H,14,16). The molecule has 2 aliphatic rings. The van der Waals surface area contributed by atoms with Gasteiger partial charge in [0.05, 0.1) is 5.92 Å². The van der Waals surface area contributed by atoms with Crippen molar-refractivity contribution in [2.24, 2.45) is 17.8 Å². The number of nitrogens with one attached hydrogen (secondary N) is 2. The Balaban J connectivity index is 1.72. The summed E-state index contributed by atoms with van der Waals surface area (Å²) in [7, 11) is 0. The van der Waals surface area contributed by atoms with Gasteiger partial charge in [0.25, 0.3) is 0 Å². The lowest BCUT2D eigenvalue weighted by atomic mass is 9.79. The zero-order valence-corrected chi connectivity index (χ0v) is 9.74. The summed E-state index contributed by atoms with van der Waals surface area (Å²) in [5.41, 5.74) is 0. The second-order valence-electron chi connectivity index (χ2n) is 5.09. The van der Waals surface area contributed by atoms with Crippen LogP contribution in [0.2, 0.25) is 0 Å². The van der Waals surface area contributed by atoms with Gasteiger partial charge in [0, 0.05) is 26.2 Å². The highest BCUT2D eigenvalue weighted by atomic mass is 16.3. The lowest BCUT2D eigenvalue weighted by Gasteiger charge is -2.32. The van der Waals surface area contributed by atoms with Gasteiger partial charge in [0.2, 0.25) is 5.91 Å². The first kappa shape index (κ1) is 11.9. The Labute approximate surface area is 96.8 Å². The molecule has 3 N–H and O–H groups in total. The van der Waals surface area contributed by atoms with E-state index >= 15 is 0 Å². The average Bonchev–Trinajstić information content (AvgIpc) is 2.24. The van der Waals surface area contributed by atoms with Gasteiger partial charge in [-0.1, -0.05) is 12.8 Å². The highest BCUT2D eigenvalue weighted by Crippen LogP contribution is 2.29. The van der Waals surface area contributed by atoms with Crippen LogP contribution >= 0.6 is 0 Å². The van der Waals surface area contributed by atoms with Gasteiger partial charge in [-0.05, 0) is 24.7 Å². The van der Waals surface area contributed by atoms with E-state index in [0.717, 1.165) is 32.5 Å². The van der Waals surface area contributed by atoms with Crippen LogP contribution in [0.25, 0.3) is 0 Å². The van der Waals surface area contributed by atoms with Gasteiger partial charge in [-0.2, -0.15) is 0 Å². The van der Waals surface area contributed by atoms with Gasteiger partial charge in [0.15, 0.2) is 0 Å². The Morgan fingerprint density at radius 2 is 1.94 bits per heavy atom. The van der Waals surface area contributed by atoms with Gasteiger partial charge >= 0.3 is 0 Å². The summed E-state index contributed by atoms with van der Waals surface area (Å²) in [6.45, 7) is 2.66. The minimum atomic E-state index is 0.177. The number of hydrogen-bond donors (Lipinski definition) is 3. The van der Waals surface area contributed by atoms with Crippen molar-refractivity contribution < 1.29 is 9.90 Å². The zero-order chi connectivity index (χ0) is 11.4. The Morgan fingerprint density at radius 1 is 1.25 bits per heavy atom. The average molecular weight is 226 g/mol. The minimum Gasteiger partial charge on any atom is -0.396 e. The Bertz CT molecular complexity index is 241. The number of aliphatic hydroxyl groups is 1. The molecule has 16 heavy (non-hydrogen) atoms. The fourth-order valence-corrected chi connectivity index (χ4v) is 2.64. The van der Waals surface area contributed by atoms with Crippen molar-refractivity contribution in [1.29, 1.82) is 0 Å². The molecule has 1 amide bonds. The molecule has 4 nitrogen and oxygen atoms in total. The monoisotopic (exact) mass is 226 g/mol.